The second kappa shape index (κ2) is 7.03. The first-order valence-electron chi connectivity index (χ1n) is 8.69. The molecule has 1 amide bonds. The van der Waals surface area contributed by atoms with Gasteiger partial charge in [-0.25, -0.2) is 0 Å². The van der Waals surface area contributed by atoms with Gasteiger partial charge in [0.05, 0.1) is 12.1 Å². The van der Waals surface area contributed by atoms with Crippen molar-refractivity contribution in [3.63, 3.8) is 0 Å². The summed E-state index contributed by atoms with van der Waals surface area (Å²) in [5, 5.41) is 3.22. The van der Waals surface area contributed by atoms with E-state index in [1.54, 1.807) is 0 Å². The van der Waals surface area contributed by atoms with Crippen LogP contribution in [0.15, 0.2) is 24.3 Å². The summed E-state index contributed by atoms with van der Waals surface area (Å²) in [6.07, 6.45) is 3.82. The zero-order chi connectivity index (χ0) is 16.7. The quantitative estimate of drug-likeness (QED) is 0.875. The number of aryl methyl sites for hydroxylation is 1. The summed E-state index contributed by atoms with van der Waals surface area (Å²) in [6, 6.07) is 8.46. The van der Waals surface area contributed by atoms with Crippen LogP contribution < -0.4 is 11.1 Å². The first-order chi connectivity index (χ1) is 10.9. The Kier molecular flexibility index (Phi) is 5.63. The van der Waals surface area contributed by atoms with Crippen molar-refractivity contribution in [2.45, 2.75) is 64.1 Å². The normalized spacial score (nSPS) is 30.5. The number of ether oxygens (including phenoxy) is 1. The van der Waals surface area contributed by atoms with Crippen LogP contribution in [-0.4, -0.2) is 24.2 Å². The molecule has 3 N–H and O–H groups in total. The van der Waals surface area contributed by atoms with Crippen molar-refractivity contribution in [1.82, 2.24) is 5.32 Å². The molecule has 0 bridgehead atoms. The number of benzene rings is 1. The molecule has 0 heterocycles. The van der Waals surface area contributed by atoms with E-state index in [0.29, 0.717) is 13.0 Å². The fraction of sp³-hybridized carbons (Fsp3) is 0.632. The minimum absolute atomic E-state index is 0. The minimum atomic E-state index is -0.848. The maximum atomic E-state index is 12.9. The summed E-state index contributed by atoms with van der Waals surface area (Å²) in [6.45, 7) is 6.70. The predicted octanol–water partition coefficient (Wildman–Crippen LogP) is 3.13. The molecule has 1 fully saturated rings. The Morgan fingerprint density at radius 1 is 1.38 bits per heavy atom. The number of nitrogens with one attached hydrogen (secondary N) is 1. The number of amides is 1. The van der Waals surface area contributed by atoms with Crippen LogP contribution in [0, 0.1) is 5.41 Å². The zero-order valence-electron chi connectivity index (χ0n) is 14.8. The molecule has 2 aliphatic rings. The molecule has 24 heavy (non-hydrogen) atoms. The van der Waals surface area contributed by atoms with E-state index < -0.39 is 5.54 Å². The highest BCUT2D eigenvalue weighted by Crippen LogP contribution is 2.50. The lowest BCUT2D eigenvalue weighted by Crippen LogP contribution is -2.75. The predicted molar refractivity (Wildman–Crippen MR) is 98.2 cm³/mol. The van der Waals surface area contributed by atoms with Gasteiger partial charge >= 0.3 is 0 Å². The highest BCUT2D eigenvalue weighted by Gasteiger charge is 2.63. The average molecular weight is 353 g/mol. The Hall–Kier alpha value is -1.10. The number of halogens is 1. The molecule has 4 nitrogen and oxygen atoms in total. The first-order valence-corrected chi connectivity index (χ1v) is 8.69. The van der Waals surface area contributed by atoms with Crippen molar-refractivity contribution in [3.05, 3.63) is 35.4 Å². The van der Waals surface area contributed by atoms with Gasteiger partial charge in [-0.2, -0.15) is 0 Å². The second-order valence-electron chi connectivity index (χ2n) is 7.46. The van der Waals surface area contributed by atoms with E-state index in [0.717, 1.165) is 19.3 Å². The Balaban J connectivity index is 0.00000208. The summed E-state index contributed by atoms with van der Waals surface area (Å²) >= 11 is 0. The minimum Gasteiger partial charge on any atom is -0.378 e. The molecule has 0 radical (unpaired) electrons. The third kappa shape index (κ3) is 2.96. The highest BCUT2D eigenvalue weighted by atomic mass is 35.5. The Bertz CT molecular complexity index is 605. The molecule has 0 aliphatic heterocycles. The molecular formula is C19H29ClN2O2. The molecule has 1 saturated carbocycles. The van der Waals surface area contributed by atoms with Crippen LogP contribution in [0.2, 0.25) is 0 Å². The summed E-state index contributed by atoms with van der Waals surface area (Å²) in [4.78, 5) is 12.9. The SMILES string of the molecule is CCOC1CC(N)(C(=O)NC2CCCc3ccccc32)C1(C)C.Cl. The third-order valence-corrected chi connectivity index (χ3v) is 5.91. The Morgan fingerprint density at radius 2 is 2.08 bits per heavy atom. The molecule has 3 rings (SSSR count). The van der Waals surface area contributed by atoms with Crippen LogP contribution in [-0.2, 0) is 16.0 Å². The average Bonchev–Trinajstić information content (AvgIpc) is 2.54. The van der Waals surface area contributed by atoms with Gasteiger partial charge in [0.1, 0.15) is 5.54 Å². The number of carbonyl (C=O) groups excluding carboxylic acids is 1. The lowest BCUT2D eigenvalue weighted by atomic mass is 9.54. The van der Waals surface area contributed by atoms with Crippen molar-refractivity contribution < 1.29 is 9.53 Å². The van der Waals surface area contributed by atoms with Gasteiger partial charge in [-0.15, -0.1) is 12.4 Å². The standard InChI is InChI=1S/C19H28N2O2.ClH/c1-4-23-16-12-19(20,18(16,2)3)17(22)21-15-11-7-9-13-8-5-6-10-14(13)15;/h5-6,8,10,15-16H,4,7,9,11-12,20H2,1-3H3,(H,21,22);1H. The van der Waals surface area contributed by atoms with E-state index in [9.17, 15) is 4.79 Å². The van der Waals surface area contributed by atoms with Crippen LogP contribution >= 0.6 is 12.4 Å². The fourth-order valence-corrected chi connectivity index (χ4v) is 4.01. The second-order valence-corrected chi connectivity index (χ2v) is 7.46. The van der Waals surface area contributed by atoms with Gasteiger partial charge < -0.3 is 15.8 Å². The third-order valence-electron chi connectivity index (χ3n) is 5.91. The largest absolute Gasteiger partial charge is 0.378 e. The molecule has 0 spiro atoms. The number of carbonyl (C=O) groups is 1. The molecule has 5 heteroatoms. The lowest BCUT2D eigenvalue weighted by Gasteiger charge is -2.57. The summed E-state index contributed by atoms with van der Waals surface area (Å²) in [5.74, 6) is -0.0415. The van der Waals surface area contributed by atoms with Gasteiger partial charge in [0.2, 0.25) is 5.91 Å². The maximum absolute atomic E-state index is 12.9. The van der Waals surface area contributed by atoms with E-state index >= 15 is 0 Å². The number of nitrogens with two attached hydrogens (primary N) is 1. The van der Waals surface area contributed by atoms with Crippen LogP contribution in [0.25, 0.3) is 0 Å². The van der Waals surface area contributed by atoms with Crippen molar-refractivity contribution in [3.8, 4) is 0 Å². The number of hydrogen-bond acceptors (Lipinski definition) is 3. The fourth-order valence-electron chi connectivity index (χ4n) is 4.01. The lowest BCUT2D eigenvalue weighted by molar-refractivity contribution is -0.171. The first kappa shape index (κ1) is 19.2. The van der Waals surface area contributed by atoms with Crippen LogP contribution in [0.4, 0.5) is 0 Å². The van der Waals surface area contributed by atoms with E-state index in [2.05, 4.69) is 23.5 Å². The molecule has 2 aliphatic carbocycles. The van der Waals surface area contributed by atoms with Crippen molar-refractivity contribution in [2.75, 3.05) is 6.61 Å². The Labute approximate surface area is 150 Å². The molecule has 3 atom stereocenters. The van der Waals surface area contributed by atoms with Crippen LogP contribution in [0.1, 0.15) is 57.2 Å². The zero-order valence-corrected chi connectivity index (χ0v) is 15.6. The smallest absolute Gasteiger partial charge is 0.241 e. The number of fused-ring (bicyclic) bond motifs is 1. The summed E-state index contributed by atoms with van der Waals surface area (Å²) < 4.78 is 5.72. The molecule has 0 saturated heterocycles. The van der Waals surface area contributed by atoms with Crippen molar-refractivity contribution in [2.24, 2.45) is 11.1 Å². The molecular weight excluding hydrogens is 324 g/mol. The van der Waals surface area contributed by atoms with E-state index in [1.807, 2.05) is 26.8 Å². The van der Waals surface area contributed by atoms with Gasteiger partial charge in [-0.05, 0) is 37.3 Å². The monoisotopic (exact) mass is 352 g/mol. The molecule has 1 aromatic rings. The number of hydrogen-bond donors (Lipinski definition) is 2. The topological polar surface area (TPSA) is 64.3 Å². The summed E-state index contributed by atoms with van der Waals surface area (Å²) in [5.41, 5.74) is 7.88. The van der Waals surface area contributed by atoms with Gasteiger partial charge in [-0.3, -0.25) is 4.79 Å². The van der Waals surface area contributed by atoms with Gasteiger partial charge in [0.25, 0.3) is 0 Å². The van der Waals surface area contributed by atoms with E-state index in [4.69, 9.17) is 10.5 Å². The molecule has 3 unspecified atom stereocenters. The van der Waals surface area contributed by atoms with E-state index in [-0.39, 0.29) is 35.9 Å². The molecule has 134 valence electrons. The summed E-state index contributed by atoms with van der Waals surface area (Å²) in [7, 11) is 0. The Morgan fingerprint density at radius 3 is 2.75 bits per heavy atom. The van der Waals surface area contributed by atoms with Crippen molar-refractivity contribution in [1.29, 1.82) is 0 Å². The van der Waals surface area contributed by atoms with Crippen molar-refractivity contribution >= 4 is 18.3 Å². The molecule has 0 aromatic heterocycles. The highest BCUT2D eigenvalue weighted by molar-refractivity contribution is 5.89. The maximum Gasteiger partial charge on any atom is 0.241 e. The van der Waals surface area contributed by atoms with Gasteiger partial charge in [0, 0.05) is 18.4 Å². The van der Waals surface area contributed by atoms with Gasteiger partial charge in [-0.1, -0.05) is 38.1 Å². The van der Waals surface area contributed by atoms with Gasteiger partial charge in [0.15, 0.2) is 0 Å². The van der Waals surface area contributed by atoms with Crippen LogP contribution in [0.5, 0.6) is 0 Å². The van der Waals surface area contributed by atoms with E-state index in [1.165, 1.54) is 11.1 Å². The molecule has 1 aromatic carbocycles. The number of rotatable bonds is 4. The van der Waals surface area contributed by atoms with Crippen LogP contribution in [0.3, 0.4) is 0 Å².